The number of anilines is 3. The van der Waals surface area contributed by atoms with Crippen LogP contribution in [0.15, 0.2) is 103 Å². The molecule has 6 nitrogen and oxygen atoms in total. The van der Waals surface area contributed by atoms with Crippen molar-refractivity contribution in [3.05, 3.63) is 109 Å². The minimum absolute atomic E-state index is 0.0624. The summed E-state index contributed by atoms with van der Waals surface area (Å²) in [6.07, 6.45) is 2.23. The molecule has 32 heavy (non-hydrogen) atoms. The molecule has 2 N–H and O–H groups in total. The van der Waals surface area contributed by atoms with Gasteiger partial charge in [-0.05, 0) is 48.0 Å². The Bertz CT molecular complexity index is 1350. The Kier molecular flexibility index (Phi) is 5.32. The molecule has 0 bridgehead atoms. The van der Waals surface area contributed by atoms with Gasteiger partial charge in [-0.25, -0.2) is 0 Å². The maximum Gasteiger partial charge on any atom is 0.228 e. The second-order valence-electron chi connectivity index (χ2n) is 7.40. The van der Waals surface area contributed by atoms with Gasteiger partial charge in [0.05, 0.1) is 11.9 Å². The van der Waals surface area contributed by atoms with Crippen molar-refractivity contribution in [1.82, 2.24) is 14.8 Å². The SMILES string of the molecule is O=C(Cc1cn(-c2ccc(Nc3ccccc3)nn2)c2ccccc12)Nc1ccccc1. The lowest BCUT2D eigenvalue weighted by atomic mass is 10.1. The van der Waals surface area contributed by atoms with Crippen LogP contribution in [-0.4, -0.2) is 20.7 Å². The van der Waals surface area contributed by atoms with Gasteiger partial charge in [0.15, 0.2) is 11.6 Å². The Morgan fingerprint density at radius 3 is 2.16 bits per heavy atom. The van der Waals surface area contributed by atoms with Gasteiger partial charge in [0, 0.05) is 23.0 Å². The molecule has 2 aromatic heterocycles. The molecule has 0 spiro atoms. The summed E-state index contributed by atoms with van der Waals surface area (Å²) < 4.78 is 1.97. The summed E-state index contributed by atoms with van der Waals surface area (Å²) in [6.45, 7) is 0. The molecule has 5 rings (SSSR count). The number of amides is 1. The second kappa shape index (κ2) is 8.73. The second-order valence-corrected chi connectivity index (χ2v) is 7.40. The lowest BCUT2D eigenvalue weighted by Crippen LogP contribution is -2.14. The molecule has 0 atom stereocenters. The number of hydrogen-bond donors (Lipinski definition) is 2. The fourth-order valence-corrected chi connectivity index (χ4v) is 3.67. The van der Waals surface area contributed by atoms with Gasteiger partial charge < -0.3 is 10.6 Å². The third-order valence-electron chi connectivity index (χ3n) is 5.15. The number of carbonyl (C=O) groups excluding carboxylic acids is 1. The van der Waals surface area contributed by atoms with E-state index in [4.69, 9.17) is 0 Å². The molecule has 156 valence electrons. The molecule has 0 aliphatic heterocycles. The first-order chi connectivity index (χ1) is 15.8. The minimum atomic E-state index is -0.0624. The van der Waals surface area contributed by atoms with E-state index in [2.05, 4.69) is 20.8 Å². The Hall–Kier alpha value is -4.45. The zero-order valence-electron chi connectivity index (χ0n) is 17.3. The van der Waals surface area contributed by atoms with Gasteiger partial charge in [0.2, 0.25) is 5.91 Å². The number of benzene rings is 3. The average molecular weight is 419 g/mol. The first kappa shape index (κ1) is 19.5. The van der Waals surface area contributed by atoms with E-state index in [1.807, 2.05) is 108 Å². The van der Waals surface area contributed by atoms with Gasteiger partial charge >= 0.3 is 0 Å². The quantitative estimate of drug-likeness (QED) is 0.389. The molecule has 5 aromatic rings. The smallest absolute Gasteiger partial charge is 0.228 e. The van der Waals surface area contributed by atoms with Gasteiger partial charge in [0.1, 0.15) is 0 Å². The van der Waals surface area contributed by atoms with Crippen LogP contribution in [-0.2, 0) is 11.2 Å². The highest BCUT2D eigenvalue weighted by Gasteiger charge is 2.14. The highest BCUT2D eigenvalue weighted by molar-refractivity contribution is 5.96. The highest BCUT2D eigenvalue weighted by Crippen LogP contribution is 2.25. The predicted molar refractivity (Wildman–Crippen MR) is 127 cm³/mol. The normalized spacial score (nSPS) is 10.8. The van der Waals surface area contributed by atoms with Crippen molar-refractivity contribution in [3.63, 3.8) is 0 Å². The summed E-state index contributed by atoms with van der Waals surface area (Å²) in [6, 6.07) is 31.1. The van der Waals surface area contributed by atoms with Crippen LogP contribution >= 0.6 is 0 Å². The van der Waals surface area contributed by atoms with Crippen LogP contribution in [0, 0.1) is 0 Å². The predicted octanol–water partition coefficient (Wildman–Crippen LogP) is 5.35. The van der Waals surface area contributed by atoms with Crippen molar-refractivity contribution >= 4 is 34.0 Å². The fraction of sp³-hybridized carbons (Fsp3) is 0.0385. The summed E-state index contributed by atoms with van der Waals surface area (Å²) in [7, 11) is 0. The number of carbonyl (C=O) groups is 1. The molecular weight excluding hydrogens is 398 g/mol. The van der Waals surface area contributed by atoms with Crippen LogP contribution < -0.4 is 10.6 Å². The molecule has 0 aliphatic rings. The summed E-state index contributed by atoms with van der Waals surface area (Å²) in [5.41, 5.74) is 3.65. The third-order valence-corrected chi connectivity index (χ3v) is 5.15. The van der Waals surface area contributed by atoms with Crippen LogP contribution in [0.5, 0.6) is 0 Å². The number of hydrogen-bond acceptors (Lipinski definition) is 4. The Labute approximate surface area is 185 Å². The Morgan fingerprint density at radius 1 is 0.750 bits per heavy atom. The van der Waals surface area contributed by atoms with Crippen molar-refractivity contribution in [2.24, 2.45) is 0 Å². The van der Waals surface area contributed by atoms with Crippen LogP contribution in [0.1, 0.15) is 5.56 Å². The van der Waals surface area contributed by atoms with Crippen molar-refractivity contribution in [2.45, 2.75) is 6.42 Å². The lowest BCUT2D eigenvalue weighted by Gasteiger charge is -2.07. The molecule has 0 saturated heterocycles. The highest BCUT2D eigenvalue weighted by atomic mass is 16.1. The van der Waals surface area contributed by atoms with E-state index in [1.165, 1.54) is 0 Å². The topological polar surface area (TPSA) is 71.8 Å². The van der Waals surface area contributed by atoms with E-state index in [-0.39, 0.29) is 12.3 Å². The molecule has 0 aliphatic carbocycles. The summed E-state index contributed by atoms with van der Waals surface area (Å²) >= 11 is 0. The number of nitrogens with one attached hydrogen (secondary N) is 2. The molecule has 6 heteroatoms. The van der Waals surface area contributed by atoms with E-state index < -0.39 is 0 Å². The zero-order chi connectivity index (χ0) is 21.8. The van der Waals surface area contributed by atoms with Gasteiger partial charge in [-0.2, -0.15) is 0 Å². The first-order valence-electron chi connectivity index (χ1n) is 10.4. The van der Waals surface area contributed by atoms with Crippen LogP contribution in [0.4, 0.5) is 17.2 Å². The molecule has 2 heterocycles. The van der Waals surface area contributed by atoms with E-state index in [0.29, 0.717) is 11.6 Å². The number of nitrogens with zero attached hydrogens (tertiary/aromatic N) is 3. The van der Waals surface area contributed by atoms with Crippen LogP contribution in [0.3, 0.4) is 0 Å². The van der Waals surface area contributed by atoms with E-state index >= 15 is 0 Å². The standard InChI is InChI=1S/C26H21N5O/c32-26(28-21-11-5-2-6-12-21)17-19-18-31(23-14-8-7-13-22(19)23)25-16-15-24(29-30-25)27-20-9-3-1-4-10-20/h1-16,18H,17H2,(H,27,29)(H,28,32). The van der Waals surface area contributed by atoms with Crippen LogP contribution in [0.25, 0.3) is 16.7 Å². The zero-order valence-corrected chi connectivity index (χ0v) is 17.3. The maximum atomic E-state index is 12.6. The fourth-order valence-electron chi connectivity index (χ4n) is 3.67. The molecule has 0 unspecified atom stereocenters. The minimum Gasteiger partial charge on any atom is -0.339 e. The van der Waals surface area contributed by atoms with E-state index in [9.17, 15) is 4.79 Å². The molecule has 1 amide bonds. The van der Waals surface area contributed by atoms with Crippen molar-refractivity contribution < 1.29 is 4.79 Å². The number of aromatic nitrogens is 3. The van der Waals surface area contributed by atoms with Gasteiger partial charge in [-0.15, -0.1) is 10.2 Å². The third kappa shape index (κ3) is 4.20. The maximum absolute atomic E-state index is 12.6. The van der Waals surface area contributed by atoms with Crippen molar-refractivity contribution in [2.75, 3.05) is 10.6 Å². The largest absolute Gasteiger partial charge is 0.339 e. The molecular formula is C26H21N5O. The van der Waals surface area contributed by atoms with Gasteiger partial charge in [-0.1, -0.05) is 54.6 Å². The van der Waals surface area contributed by atoms with Gasteiger partial charge in [0.25, 0.3) is 0 Å². The van der Waals surface area contributed by atoms with E-state index in [1.54, 1.807) is 0 Å². The first-order valence-corrected chi connectivity index (χ1v) is 10.4. The van der Waals surface area contributed by atoms with Gasteiger partial charge in [-0.3, -0.25) is 9.36 Å². The molecule has 0 radical (unpaired) electrons. The molecule has 3 aromatic carbocycles. The molecule has 0 saturated carbocycles. The summed E-state index contributed by atoms with van der Waals surface area (Å²) in [4.78, 5) is 12.6. The number of para-hydroxylation sites is 3. The summed E-state index contributed by atoms with van der Waals surface area (Å²) in [5, 5.41) is 15.9. The average Bonchev–Trinajstić information content (AvgIpc) is 3.19. The lowest BCUT2D eigenvalue weighted by molar-refractivity contribution is -0.115. The Balaban J connectivity index is 1.40. The number of rotatable bonds is 6. The molecule has 0 fully saturated rings. The Morgan fingerprint density at radius 2 is 1.44 bits per heavy atom. The monoisotopic (exact) mass is 419 g/mol. The van der Waals surface area contributed by atoms with Crippen molar-refractivity contribution in [1.29, 1.82) is 0 Å². The van der Waals surface area contributed by atoms with Crippen LogP contribution in [0.2, 0.25) is 0 Å². The summed E-state index contributed by atoms with van der Waals surface area (Å²) in [5.74, 6) is 1.29. The number of fused-ring (bicyclic) bond motifs is 1. The van der Waals surface area contributed by atoms with Crippen molar-refractivity contribution in [3.8, 4) is 5.82 Å². The van der Waals surface area contributed by atoms with E-state index in [0.717, 1.165) is 27.8 Å².